The summed E-state index contributed by atoms with van der Waals surface area (Å²) < 4.78 is 0. The fourth-order valence-electron chi connectivity index (χ4n) is 4.08. The first kappa shape index (κ1) is 22.0. The van der Waals surface area contributed by atoms with E-state index in [4.69, 9.17) is 0 Å². The lowest BCUT2D eigenvalue weighted by Crippen LogP contribution is -2.40. The zero-order valence-corrected chi connectivity index (χ0v) is 18.8. The minimum atomic E-state index is -0.595. The van der Waals surface area contributed by atoms with E-state index >= 15 is 0 Å². The maximum Gasteiger partial charge on any atom is 0.293 e. The molecule has 2 amide bonds. The van der Waals surface area contributed by atoms with Crippen LogP contribution in [-0.2, 0) is 10.3 Å². The molecular formula is C25H24N4O4. The van der Waals surface area contributed by atoms with Gasteiger partial charge < -0.3 is 15.6 Å². The third kappa shape index (κ3) is 4.03. The molecule has 1 aliphatic heterocycles. The van der Waals surface area contributed by atoms with Gasteiger partial charge in [-0.3, -0.25) is 19.7 Å². The van der Waals surface area contributed by atoms with Crippen LogP contribution in [0.2, 0.25) is 0 Å². The number of benzene rings is 2. The van der Waals surface area contributed by atoms with E-state index in [0.717, 1.165) is 5.56 Å². The lowest BCUT2D eigenvalue weighted by molar-refractivity contribution is -0.385. The number of carbonyl (C=O) groups is 2. The van der Waals surface area contributed by atoms with E-state index in [1.807, 2.05) is 44.2 Å². The van der Waals surface area contributed by atoms with Gasteiger partial charge in [0.05, 0.1) is 27.3 Å². The molecule has 0 saturated heterocycles. The Morgan fingerprint density at radius 1 is 1.12 bits per heavy atom. The van der Waals surface area contributed by atoms with Gasteiger partial charge in [0.1, 0.15) is 0 Å². The number of nitro groups is 1. The van der Waals surface area contributed by atoms with Gasteiger partial charge >= 0.3 is 0 Å². The smallest absolute Gasteiger partial charge is 0.293 e. The van der Waals surface area contributed by atoms with Crippen LogP contribution in [0, 0.1) is 24.0 Å². The van der Waals surface area contributed by atoms with E-state index < -0.39 is 10.5 Å². The molecule has 168 valence electrons. The van der Waals surface area contributed by atoms with Gasteiger partial charge in [0, 0.05) is 22.5 Å². The van der Waals surface area contributed by atoms with Crippen molar-refractivity contribution in [3.8, 4) is 0 Å². The summed E-state index contributed by atoms with van der Waals surface area (Å²) >= 11 is 0. The average molecular weight is 444 g/mol. The molecule has 8 heteroatoms. The summed E-state index contributed by atoms with van der Waals surface area (Å²) in [6, 6.07) is 14.7. The highest BCUT2D eigenvalue weighted by Crippen LogP contribution is 2.36. The van der Waals surface area contributed by atoms with Crippen molar-refractivity contribution in [2.45, 2.75) is 33.2 Å². The topological polar surface area (TPSA) is 117 Å². The number of aryl methyl sites for hydroxylation is 1. The van der Waals surface area contributed by atoms with Crippen molar-refractivity contribution in [2.24, 2.45) is 0 Å². The molecule has 2 aromatic carbocycles. The summed E-state index contributed by atoms with van der Waals surface area (Å²) in [6.45, 7) is 7.10. The van der Waals surface area contributed by atoms with Crippen molar-refractivity contribution in [3.05, 3.63) is 92.3 Å². The quantitative estimate of drug-likeness (QED) is 0.300. The highest BCUT2D eigenvalue weighted by atomic mass is 16.6. The van der Waals surface area contributed by atoms with Crippen LogP contribution in [0.4, 0.5) is 11.4 Å². The Bertz CT molecular complexity index is 1320. The van der Waals surface area contributed by atoms with E-state index in [9.17, 15) is 19.7 Å². The Balaban J connectivity index is 1.68. The third-order valence-electron chi connectivity index (χ3n) is 5.89. The summed E-state index contributed by atoms with van der Waals surface area (Å²) in [5.41, 5.74) is 3.61. The molecule has 0 saturated carbocycles. The van der Waals surface area contributed by atoms with Crippen LogP contribution in [0.5, 0.6) is 0 Å². The molecule has 2 heterocycles. The summed E-state index contributed by atoms with van der Waals surface area (Å²) in [6.07, 6.45) is 1.59. The Labute approximate surface area is 190 Å². The molecule has 1 aromatic heterocycles. The van der Waals surface area contributed by atoms with Crippen LogP contribution in [0.3, 0.4) is 0 Å². The number of rotatable bonds is 5. The van der Waals surface area contributed by atoms with Gasteiger partial charge in [-0.25, -0.2) is 0 Å². The fourth-order valence-corrected chi connectivity index (χ4v) is 4.08. The molecule has 0 spiro atoms. The molecule has 33 heavy (non-hydrogen) atoms. The van der Waals surface area contributed by atoms with Crippen LogP contribution >= 0.6 is 0 Å². The Hall–Kier alpha value is -4.20. The summed E-state index contributed by atoms with van der Waals surface area (Å²) in [5.74, 6) is -0.602. The van der Waals surface area contributed by atoms with E-state index in [2.05, 4.69) is 15.6 Å². The van der Waals surface area contributed by atoms with Crippen LogP contribution in [0.1, 0.15) is 52.3 Å². The van der Waals surface area contributed by atoms with Crippen LogP contribution < -0.4 is 10.6 Å². The maximum atomic E-state index is 13.0. The number of amides is 2. The Morgan fingerprint density at radius 2 is 1.82 bits per heavy atom. The van der Waals surface area contributed by atoms with E-state index in [0.29, 0.717) is 39.3 Å². The van der Waals surface area contributed by atoms with Gasteiger partial charge in [-0.15, -0.1) is 0 Å². The van der Waals surface area contributed by atoms with Gasteiger partial charge in [0.2, 0.25) is 0 Å². The highest BCUT2D eigenvalue weighted by Gasteiger charge is 2.29. The number of H-pyrrole nitrogens is 1. The second-order valence-electron chi connectivity index (χ2n) is 8.61. The Kier molecular flexibility index (Phi) is 5.37. The minimum Gasteiger partial charge on any atom is -0.353 e. The second-order valence-corrected chi connectivity index (χ2v) is 8.61. The van der Waals surface area contributed by atoms with Gasteiger partial charge in [-0.05, 0) is 57.5 Å². The number of aromatic amines is 1. The molecule has 3 aromatic rings. The minimum absolute atomic E-state index is 0.00301. The first-order valence-electron chi connectivity index (χ1n) is 10.5. The Morgan fingerprint density at radius 3 is 2.45 bits per heavy atom. The standard InChI is InChI=1S/C25H24N4O4/c1-14-21(26-15(2)22(14)29(32)33)13-19-18-12-16(10-11-20(18)27-24(19)31)23(30)28-25(3,4)17-8-6-5-7-9-17/h5-13,26H,1-4H3,(H,27,31)(H,28,30). The van der Waals surface area contributed by atoms with Crippen molar-refractivity contribution in [3.63, 3.8) is 0 Å². The molecule has 0 unspecified atom stereocenters. The number of carbonyl (C=O) groups excluding carboxylic acids is 2. The number of fused-ring (bicyclic) bond motifs is 1. The first-order valence-corrected chi connectivity index (χ1v) is 10.5. The van der Waals surface area contributed by atoms with Crippen LogP contribution in [-0.4, -0.2) is 21.7 Å². The molecule has 0 radical (unpaired) electrons. The lowest BCUT2D eigenvalue weighted by Gasteiger charge is -2.27. The average Bonchev–Trinajstić information content (AvgIpc) is 3.23. The number of nitrogens with one attached hydrogen (secondary N) is 3. The van der Waals surface area contributed by atoms with E-state index in [-0.39, 0.29) is 17.5 Å². The normalized spacial score (nSPS) is 14.2. The lowest BCUT2D eigenvalue weighted by atomic mass is 9.93. The number of nitrogens with zero attached hydrogens (tertiary/aromatic N) is 1. The summed E-state index contributed by atoms with van der Waals surface area (Å²) in [5, 5.41) is 17.2. The van der Waals surface area contributed by atoms with Crippen molar-refractivity contribution >= 4 is 34.8 Å². The van der Waals surface area contributed by atoms with Crippen molar-refractivity contribution in [1.82, 2.24) is 10.3 Å². The molecule has 4 rings (SSSR count). The first-order chi connectivity index (χ1) is 15.6. The fraction of sp³-hybridized carbons (Fsp3) is 0.200. The SMILES string of the molecule is Cc1[nH]c(C=C2C(=O)Nc3ccc(C(=O)NC(C)(C)c4ccccc4)cc32)c(C)c1[N+](=O)[O-]. The zero-order chi connectivity index (χ0) is 23.9. The summed E-state index contributed by atoms with van der Waals surface area (Å²) in [7, 11) is 0. The second kappa shape index (κ2) is 8.05. The molecule has 0 bridgehead atoms. The van der Waals surface area contributed by atoms with Gasteiger partial charge in [0.15, 0.2) is 0 Å². The predicted molar refractivity (Wildman–Crippen MR) is 127 cm³/mol. The van der Waals surface area contributed by atoms with Crippen LogP contribution in [0.25, 0.3) is 11.6 Å². The summed E-state index contributed by atoms with van der Waals surface area (Å²) in [4.78, 5) is 39.6. The number of aromatic nitrogens is 1. The number of hydrogen-bond acceptors (Lipinski definition) is 4. The van der Waals surface area contributed by atoms with Crippen LogP contribution in [0.15, 0.2) is 48.5 Å². The molecule has 3 N–H and O–H groups in total. The molecular weight excluding hydrogens is 420 g/mol. The van der Waals surface area contributed by atoms with Crippen molar-refractivity contribution in [1.29, 1.82) is 0 Å². The van der Waals surface area contributed by atoms with E-state index in [1.165, 1.54) is 0 Å². The largest absolute Gasteiger partial charge is 0.353 e. The third-order valence-corrected chi connectivity index (χ3v) is 5.89. The highest BCUT2D eigenvalue weighted by molar-refractivity contribution is 6.35. The molecule has 0 aliphatic carbocycles. The van der Waals surface area contributed by atoms with Gasteiger partial charge in [-0.1, -0.05) is 30.3 Å². The maximum absolute atomic E-state index is 13.0. The molecule has 1 aliphatic rings. The van der Waals surface area contributed by atoms with Gasteiger partial charge in [0.25, 0.3) is 17.5 Å². The predicted octanol–water partition coefficient (Wildman–Crippen LogP) is 4.70. The number of anilines is 1. The monoisotopic (exact) mass is 444 g/mol. The molecule has 0 atom stereocenters. The molecule has 8 nitrogen and oxygen atoms in total. The van der Waals surface area contributed by atoms with Crippen molar-refractivity contribution in [2.75, 3.05) is 5.32 Å². The number of hydrogen-bond donors (Lipinski definition) is 3. The van der Waals surface area contributed by atoms with E-state index in [1.54, 1.807) is 38.1 Å². The zero-order valence-electron chi connectivity index (χ0n) is 18.8. The van der Waals surface area contributed by atoms with Gasteiger partial charge in [-0.2, -0.15) is 0 Å². The molecule has 0 fully saturated rings. The van der Waals surface area contributed by atoms with Crippen molar-refractivity contribution < 1.29 is 14.5 Å².